The molecule has 5 nitrogen and oxygen atoms in total. The van der Waals surface area contributed by atoms with Gasteiger partial charge in [0.25, 0.3) is 5.91 Å². The van der Waals surface area contributed by atoms with E-state index < -0.39 is 5.91 Å². The van der Waals surface area contributed by atoms with Crippen LogP contribution < -0.4 is 5.73 Å². The van der Waals surface area contributed by atoms with Crippen molar-refractivity contribution >= 4 is 28.4 Å². The Morgan fingerprint density at radius 1 is 1.26 bits per heavy atom. The number of halogens is 1. The van der Waals surface area contributed by atoms with Gasteiger partial charge < -0.3 is 10.3 Å². The van der Waals surface area contributed by atoms with Gasteiger partial charge in [0.1, 0.15) is 5.82 Å². The summed E-state index contributed by atoms with van der Waals surface area (Å²) < 4.78 is 1.77. The molecule has 2 N–H and O–H groups in total. The third-order valence-electron chi connectivity index (χ3n) is 2.84. The predicted molar refractivity (Wildman–Crippen MR) is 72.4 cm³/mol. The Balaban J connectivity index is 2.33. The lowest BCUT2D eigenvalue weighted by Crippen LogP contribution is -2.10. The second-order valence-electron chi connectivity index (χ2n) is 3.98. The van der Waals surface area contributed by atoms with Gasteiger partial charge in [-0.15, -0.1) is 0 Å². The van der Waals surface area contributed by atoms with Crippen molar-refractivity contribution in [3.05, 3.63) is 53.6 Å². The smallest absolute Gasteiger partial charge is 0.250 e. The second-order valence-corrected chi connectivity index (χ2v) is 4.32. The van der Waals surface area contributed by atoms with Crippen LogP contribution in [0.25, 0.3) is 16.7 Å². The van der Waals surface area contributed by atoms with Gasteiger partial charge in [0.05, 0.1) is 11.1 Å². The maximum absolute atomic E-state index is 11.5. The topological polar surface area (TPSA) is 73.8 Å². The highest BCUT2D eigenvalue weighted by atomic mass is 35.5. The first-order chi connectivity index (χ1) is 9.16. The van der Waals surface area contributed by atoms with Gasteiger partial charge in [-0.2, -0.15) is 4.98 Å². The van der Waals surface area contributed by atoms with Crippen LogP contribution in [0, 0.1) is 0 Å². The van der Waals surface area contributed by atoms with E-state index >= 15 is 0 Å². The van der Waals surface area contributed by atoms with E-state index in [0.717, 1.165) is 10.9 Å². The number of amides is 1. The van der Waals surface area contributed by atoms with Crippen molar-refractivity contribution in [3.63, 3.8) is 0 Å². The van der Waals surface area contributed by atoms with Gasteiger partial charge >= 0.3 is 0 Å². The Hall–Kier alpha value is -2.40. The molecule has 1 amide bonds. The highest BCUT2D eigenvalue weighted by Crippen LogP contribution is 2.23. The number of carbonyl (C=O) groups excluding carboxylic acids is 1. The zero-order valence-corrected chi connectivity index (χ0v) is 10.5. The lowest BCUT2D eigenvalue weighted by molar-refractivity contribution is 0.100. The first kappa shape index (κ1) is 11.7. The molecule has 0 saturated heterocycles. The maximum Gasteiger partial charge on any atom is 0.250 e. The van der Waals surface area contributed by atoms with Crippen LogP contribution in [-0.4, -0.2) is 20.4 Å². The molecule has 3 rings (SSSR count). The van der Waals surface area contributed by atoms with Crippen molar-refractivity contribution in [2.24, 2.45) is 5.73 Å². The van der Waals surface area contributed by atoms with E-state index in [2.05, 4.69) is 9.97 Å². The monoisotopic (exact) mass is 272 g/mol. The van der Waals surface area contributed by atoms with Gasteiger partial charge in [-0.25, -0.2) is 4.98 Å². The van der Waals surface area contributed by atoms with Gasteiger partial charge in [0, 0.05) is 17.8 Å². The number of hydrogen-bond acceptors (Lipinski definition) is 3. The minimum absolute atomic E-state index is 0.149. The summed E-state index contributed by atoms with van der Waals surface area (Å²) in [6.45, 7) is 0. The molecule has 2 aromatic heterocycles. The molecule has 0 bridgehead atoms. The third-order valence-corrected chi connectivity index (χ3v) is 3.02. The normalized spacial score (nSPS) is 10.8. The predicted octanol–water partition coefficient (Wildman–Crippen LogP) is 2.17. The largest absolute Gasteiger partial charge is 0.366 e. The summed E-state index contributed by atoms with van der Waals surface area (Å²) in [6, 6.07) is 9.17. The van der Waals surface area contributed by atoms with Gasteiger partial charge in [-0.05, 0) is 23.7 Å². The standard InChI is InChI=1S/C13H9ClN4O/c14-13-16-6-5-11(17-13)18-7-9(12(15)19)8-3-1-2-4-10(8)18/h1-7H,(H2,15,19). The number of hydrogen-bond donors (Lipinski definition) is 1. The molecule has 0 atom stereocenters. The number of nitrogens with two attached hydrogens (primary N) is 1. The SMILES string of the molecule is NC(=O)c1cn(-c2ccnc(Cl)n2)c2ccccc12. The summed E-state index contributed by atoms with van der Waals surface area (Å²) in [5.74, 6) is 0.110. The van der Waals surface area contributed by atoms with Crippen molar-refractivity contribution in [1.29, 1.82) is 0 Å². The van der Waals surface area contributed by atoms with Crippen molar-refractivity contribution in [2.75, 3.05) is 0 Å². The molecule has 3 aromatic rings. The quantitative estimate of drug-likeness (QED) is 0.727. The lowest BCUT2D eigenvalue weighted by Gasteiger charge is -2.03. The molecule has 0 radical (unpaired) electrons. The average molecular weight is 273 g/mol. The molecule has 0 saturated carbocycles. The van der Waals surface area contributed by atoms with Crippen LogP contribution in [0.4, 0.5) is 0 Å². The third kappa shape index (κ3) is 1.94. The Morgan fingerprint density at radius 3 is 2.79 bits per heavy atom. The molecule has 0 spiro atoms. The van der Waals surface area contributed by atoms with Crippen LogP contribution >= 0.6 is 11.6 Å². The number of rotatable bonds is 2. The number of para-hydroxylation sites is 1. The summed E-state index contributed by atoms with van der Waals surface area (Å²) in [6.07, 6.45) is 3.22. The first-order valence-electron chi connectivity index (χ1n) is 5.55. The number of benzene rings is 1. The van der Waals surface area contributed by atoms with Gasteiger partial charge in [0.15, 0.2) is 0 Å². The van der Waals surface area contributed by atoms with Gasteiger partial charge in [0.2, 0.25) is 5.28 Å². The van der Waals surface area contributed by atoms with Crippen molar-refractivity contribution in [1.82, 2.24) is 14.5 Å². The minimum atomic E-state index is -0.477. The molecular weight excluding hydrogens is 264 g/mol. The summed E-state index contributed by atoms with van der Waals surface area (Å²) in [5.41, 5.74) is 6.68. The number of primary amides is 1. The van der Waals surface area contributed by atoms with Gasteiger partial charge in [-0.3, -0.25) is 4.79 Å². The van der Waals surface area contributed by atoms with E-state index in [1.807, 2.05) is 24.3 Å². The fourth-order valence-electron chi connectivity index (χ4n) is 2.03. The molecule has 1 aromatic carbocycles. The molecule has 94 valence electrons. The molecule has 0 aliphatic carbocycles. The van der Waals surface area contributed by atoms with E-state index in [1.165, 1.54) is 0 Å². The average Bonchev–Trinajstić information content (AvgIpc) is 2.78. The van der Waals surface area contributed by atoms with E-state index in [9.17, 15) is 4.79 Å². The van der Waals surface area contributed by atoms with Crippen LogP contribution in [0.3, 0.4) is 0 Å². The van der Waals surface area contributed by atoms with E-state index in [1.54, 1.807) is 23.0 Å². The Morgan fingerprint density at radius 2 is 2.05 bits per heavy atom. The maximum atomic E-state index is 11.5. The van der Waals surface area contributed by atoms with Crippen molar-refractivity contribution in [2.45, 2.75) is 0 Å². The highest BCUT2D eigenvalue weighted by molar-refractivity contribution is 6.28. The summed E-state index contributed by atoms with van der Waals surface area (Å²) in [5, 5.41) is 0.931. The first-order valence-corrected chi connectivity index (χ1v) is 5.93. The number of aromatic nitrogens is 3. The fraction of sp³-hybridized carbons (Fsp3) is 0. The number of carbonyl (C=O) groups is 1. The van der Waals surface area contributed by atoms with Crippen LogP contribution in [0.2, 0.25) is 5.28 Å². The number of nitrogens with zero attached hydrogens (tertiary/aromatic N) is 3. The molecular formula is C13H9ClN4O. The van der Waals surface area contributed by atoms with Crippen LogP contribution in [-0.2, 0) is 0 Å². The van der Waals surface area contributed by atoms with E-state index in [0.29, 0.717) is 11.4 Å². The van der Waals surface area contributed by atoms with Crippen LogP contribution in [0.1, 0.15) is 10.4 Å². The molecule has 0 unspecified atom stereocenters. The molecule has 2 heterocycles. The van der Waals surface area contributed by atoms with E-state index in [4.69, 9.17) is 17.3 Å². The Kier molecular flexibility index (Phi) is 2.68. The molecule has 0 aliphatic heterocycles. The lowest BCUT2D eigenvalue weighted by atomic mass is 10.2. The van der Waals surface area contributed by atoms with E-state index in [-0.39, 0.29) is 5.28 Å². The van der Waals surface area contributed by atoms with Crippen molar-refractivity contribution < 1.29 is 4.79 Å². The Labute approximate surface area is 113 Å². The summed E-state index contributed by atoms with van der Waals surface area (Å²) in [7, 11) is 0. The molecule has 0 fully saturated rings. The Bertz CT molecular complexity index is 781. The number of fused-ring (bicyclic) bond motifs is 1. The van der Waals surface area contributed by atoms with Crippen LogP contribution in [0.15, 0.2) is 42.7 Å². The van der Waals surface area contributed by atoms with Crippen LogP contribution in [0.5, 0.6) is 0 Å². The fourth-order valence-corrected chi connectivity index (χ4v) is 2.17. The van der Waals surface area contributed by atoms with Gasteiger partial charge in [-0.1, -0.05) is 18.2 Å². The summed E-state index contributed by atoms with van der Waals surface area (Å²) >= 11 is 5.79. The molecule has 0 aliphatic rings. The highest BCUT2D eigenvalue weighted by Gasteiger charge is 2.13. The molecule has 6 heteroatoms. The molecule has 19 heavy (non-hydrogen) atoms. The van der Waals surface area contributed by atoms with Crippen molar-refractivity contribution in [3.8, 4) is 5.82 Å². The summed E-state index contributed by atoms with van der Waals surface area (Å²) in [4.78, 5) is 19.4. The zero-order chi connectivity index (χ0) is 13.4. The minimum Gasteiger partial charge on any atom is -0.366 e. The second kappa shape index (κ2) is 4.37. The zero-order valence-electron chi connectivity index (χ0n) is 9.75.